The molecule has 0 spiro atoms. The van der Waals surface area contributed by atoms with Crippen LogP contribution in [0.5, 0.6) is 5.75 Å². The zero-order valence-corrected chi connectivity index (χ0v) is 15.2. The van der Waals surface area contributed by atoms with E-state index < -0.39 is 0 Å². The summed E-state index contributed by atoms with van der Waals surface area (Å²) in [5, 5.41) is 0.790. The fourth-order valence-corrected chi connectivity index (χ4v) is 4.35. The van der Waals surface area contributed by atoms with E-state index >= 15 is 0 Å². The molecule has 126 valence electrons. The molecule has 1 amide bonds. The Morgan fingerprint density at radius 3 is 2.74 bits per heavy atom. The van der Waals surface area contributed by atoms with E-state index in [9.17, 15) is 4.79 Å². The number of carbonyl (C=O) groups excluding carboxylic acids is 1. The van der Waals surface area contributed by atoms with Gasteiger partial charge in [0.25, 0.3) is 0 Å². The topological polar surface area (TPSA) is 57.2 Å². The minimum absolute atomic E-state index is 0.262. The van der Waals surface area contributed by atoms with Gasteiger partial charge in [-0.1, -0.05) is 19.9 Å². The SMILES string of the molecule is CC.CCOc1cccc2c1c1c(n2CC)CCSC1C(N)=O. The van der Waals surface area contributed by atoms with E-state index in [1.807, 2.05) is 32.9 Å². The Labute approximate surface area is 142 Å². The zero-order valence-electron chi connectivity index (χ0n) is 14.4. The van der Waals surface area contributed by atoms with Gasteiger partial charge in [0, 0.05) is 23.2 Å². The van der Waals surface area contributed by atoms with E-state index in [2.05, 4.69) is 17.6 Å². The second kappa shape index (κ2) is 7.77. The molecule has 2 aromatic rings. The Kier molecular flexibility index (Phi) is 5.99. The monoisotopic (exact) mass is 334 g/mol. The van der Waals surface area contributed by atoms with E-state index in [0.29, 0.717) is 6.61 Å². The maximum absolute atomic E-state index is 11.9. The van der Waals surface area contributed by atoms with Crippen LogP contribution < -0.4 is 10.5 Å². The largest absolute Gasteiger partial charge is 0.493 e. The van der Waals surface area contributed by atoms with Gasteiger partial charge in [-0.15, -0.1) is 11.8 Å². The highest BCUT2D eigenvalue weighted by Gasteiger charge is 2.32. The van der Waals surface area contributed by atoms with Crippen molar-refractivity contribution >= 4 is 28.6 Å². The van der Waals surface area contributed by atoms with Crippen molar-refractivity contribution in [2.75, 3.05) is 12.4 Å². The van der Waals surface area contributed by atoms with E-state index in [1.54, 1.807) is 11.8 Å². The lowest BCUT2D eigenvalue weighted by atomic mass is 10.0. The third kappa shape index (κ3) is 3.07. The normalized spacial score (nSPS) is 16.4. The molecule has 2 heterocycles. The maximum atomic E-state index is 11.9. The first-order valence-corrected chi connectivity index (χ1v) is 9.41. The van der Waals surface area contributed by atoms with E-state index in [0.717, 1.165) is 40.9 Å². The second-order valence-corrected chi connectivity index (χ2v) is 6.30. The summed E-state index contributed by atoms with van der Waals surface area (Å²) in [5.41, 5.74) is 9.09. The number of fused-ring (bicyclic) bond motifs is 3. The van der Waals surface area contributed by atoms with Gasteiger partial charge < -0.3 is 15.0 Å². The molecule has 0 fully saturated rings. The molecular weight excluding hydrogens is 308 g/mol. The number of hydrogen-bond donors (Lipinski definition) is 1. The molecule has 1 aromatic heterocycles. The standard InChI is InChI=1S/C16H20N2O2S.C2H6/c1-3-18-10-6-5-7-12(20-4-2)13(10)14-11(18)8-9-21-15(14)16(17)19;1-2/h5-7,15H,3-4,8-9H2,1-2H3,(H2,17,19);1-2H3. The van der Waals surface area contributed by atoms with E-state index in [4.69, 9.17) is 10.5 Å². The van der Waals surface area contributed by atoms with Gasteiger partial charge in [0.1, 0.15) is 11.0 Å². The first kappa shape index (κ1) is 17.7. The number of ether oxygens (including phenoxy) is 1. The summed E-state index contributed by atoms with van der Waals surface area (Å²) >= 11 is 1.64. The number of benzene rings is 1. The van der Waals surface area contributed by atoms with Crippen molar-refractivity contribution in [2.24, 2.45) is 5.73 Å². The van der Waals surface area contributed by atoms with Crippen molar-refractivity contribution in [1.82, 2.24) is 4.57 Å². The van der Waals surface area contributed by atoms with Crippen molar-refractivity contribution in [2.45, 2.75) is 45.9 Å². The first-order valence-electron chi connectivity index (χ1n) is 8.36. The Bertz CT molecular complexity index is 694. The summed E-state index contributed by atoms with van der Waals surface area (Å²) in [6.45, 7) is 9.60. The number of amides is 1. The summed E-state index contributed by atoms with van der Waals surface area (Å²) in [6, 6.07) is 6.09. The molecule has 0 radical (unpaired) electrons. The highest BCUT2D eigenvalue weighted by molar-refractivity contribution is 8.00. The van der Waals surface area contributed by atoms with Gasteiger partial charge in [-0.05, 0) is 38.2 Å². The van der Waals surface area contributed by atoms with Gasteiger partial charge in [0.15, 0.2) is 0 Å². The molecule has 3 rings (SSSR count). The molecule has 1 aromatic carbocycles. The summed E-state index contributed by atoms with van der Waals surface area (Å²) in [7, 11) is 0. The number of aromatic nitrogens is 1. The van der Waals surface area contributed by atoms with Crippen LogP contribution >= 0.6 is 11.8 Å². The Balaban J connectivity index is 0.000000924. The molecule has 1 aliphatic rings. The zero-order chi connectivity index (χ0) is 17.0. The lowest BCUT2D eigenvalue weighted by molar-refractivity contribution is -0.117. The summed E-state index contributed by atoms with van der Waals surface area (Å²) < 4.78 is 8.09. The molecule has 23 heavy (non-hydrogen) atoms. The number of carbonyl (C=O) groups is 1. The third-order valence-electron chi connectivity index (χ3n) is 3.96. The smallest absolute Gasteiger partial charge is 0.235 e. The second-order valence-electron chi connectivity index (χ2n) is 5.09. The molecule has 1 unspecified atom stereocenters. The number of thioether (sulfide) groups is 1. The van der Waals surface area contributed by atoms with Crippen molar-refractivity contribution in [3.05, 3.63) is 29.5 Å². The van der Waals surface area contributed by atoms with Crippen molar-refractivity contribution in [3.8, 4) is 5.75 Å². The molecule has 1 aliphatic heterocycles. The van der Waals surface area contributed by atoms with Crippen LogP contribution in [0.3, 0.4) is 0 Å². The van der Waals surface area contributed by atoms with Crippen LogP contribution in [-0.2, 0) is 17.8 Å². The highest BCUT2D eigenvalue weighted by Crippen LogP contribution is 2.45. The average Bonchev–Trinajstić information content (AvgIpc) is 2.91. The van der Waals surface area contributed by atoms with Crippen LogP contribution in [-0.4, -0.2) is 22.8 Å². The van der Waals surface area contributed by atoms with Crippen LogP contribution in [0.15, 0.2) is 18.2 Å². The van der Waals surface area contributed by atoms with Gasteiger partial charge in [0.05, 0.1) is 12.1 Å². The number of aryl methyl sites for hydroxylation is 1. The van der Waals surface area contributed by atoms with Gasteiger partial charge in [-0.3, -0.25) is 4.79 Å². The van der Waals surface area contributed by atoms with E-state index in [-0.39, 0.29) is 11.2 Å². The maximum Gasteiger partial charge on any atom is 0.235 e. The third-order valence-corrected chi connectivity index (χ3v) is 5.20. The van der Waals surface area contributed by atoms with Crippen molar-refractivity contribution < 1.29 is 9.53 Å². The lowest BCUT2D eigenvalue weighted by Crippen LogP contribution is -2.23. The number of nitrogens with two attached hydrogens (primary N) is 1. The fraction of sp³-hybridized carbons (Fsp3) is 0.500. The van der Waals surface area contributed by atoms with Gasteiger partial charge in [-0.2, -0.15) is 0 Å². The first-order chi connectivity index (χ1) is 11.2. The number of nitrogens with zero attached hydrogens (tertiary/aromatic N) is 1. The van der Waals surface area contributed by atoms with E-state index in [1.165, 1.54) is 5.69 Å². The summed E-state index contributed by atoms with van der Waals surface area (Å²) in [4.78, 5) is 11.9. The highest BCUT2D eigenvalue weighted by atomic mass is 32.2. The van der Waals surface area contributed by atoms with Crippen LogP contribution in [0.4, 0.5) is 0 Å². The molecule has 0 saturated heterocycles. The predicted octanol–water partition coefficient (Wildman–Crippen LogP) is 3.90. The van der Waals surface area contributed by atoms with Crippen LogP contribution in [0, 0.1) is 0 Å². The molecular formula is C18H26N2O2S. The molecule has 0 aliphatic carbocycles. The number of primary amides is 1. The minimum atomic E-state index is -0.273. The predicted molar refractivity (Wildman–Crippen MR) is 98.2 cm³/mol. The van der Waals surface area contributed by atoms with Gasteiger partial charge in [0.2, 0.25) is 5.91 Å². The molecule has 0 bridgehead atoms. The lowest BCUT2D eigenvalue weighted by Gasteiger charge is -2.21. The van der Waals surface area contributed by atoms with Crippen molar-refractivity contribution in [1.29, 1.82) is 0 Å². The molecule has 5 heteroatoms. The average molecular weight is 334 g/mol. The Morgan fingerprint density at radius 1 is 1.39 bits per heavy atom. The van der Waals surface area contributed by atoms with Crippen molar-refractivity contribution in [3.63, 3.8) is 0 Å². The van der Waals surface area contributed by atoms with Crippen LogP contribution in [0.2, 0.25) is 0 Å². The van der Waals surface area contributed by atoms with Crippen LogP contribution in [0.1, 0.15) is 44.2 Å². The fourth-order valence-electron chi connectivity index (χ4n) is 3.22. The summed E-state index contributed by atoms with van der Waals surface area (Å²) in [5.74, 6) is 1.52. The molecule has 0 saturated carbocycles. The molecule has 4 nitrogen and oxygen atoms in total. The van der Waals surface area contributed by atoms with Crippen LogP contribution in [0.25, 0.3) is 10.9 Å². The molecule has 2 N–H and O–H groups in total. The Hall–Kier alpha value is -1.62. The molecule has 1 atom stereocenters. The quantitative estimate of drug-likeness (QED) is 0.922. The number of rotatable bonds is 4. The minimum Gasteiger partial charge on any atom is -0.493 e. The van der Waals surface area contributed by atoms with Gasteiger partial charge >= 0.3 is 0 Å². The summed E-state index contributed by atoms with van der Waals surface area (Å²) in [6.07, 6.45) is 0.970. The number of hydrogen-bond acceptors (Lipinski definition) is 3. The Morgan fingerprint density at radius 2 is 2.13 bits per heavy atom. The van der Waals surface area contributed by atoms with Gasteiger partial charge in [-0.25, -0.2) is 0 Å².